The predicted octanol–water partition coefficient (Wildman–Crippen LogP) is 5.50. The van der Waals surface area contributed by atoms with Gasteiger partial charge in [0.2, 0.25) is 0 Å². The Hall–Kier alpha value is -0.730. The van der Waals surface area contributed by atoms with Gasteiger partial charge in [-0.15, -0.1) is 0 Å². The molecule has 3 heteroatoms. The molecule has 0 saturated carbocycles. The van der Waals surface area contributed by atoms with Gasteiger partial charge in [-0.2, -0.15) is 0 Å². The van der Waals surface area contributed by atoms with Crippen LogP contribution in [0.1, 0.15) is 70.9 Å². The molecule has 2 nitrogen and oxygen atoms in total. The van der Waals surface area contributed by atoms with Crippen LogP contribution in [0.2, 0.25) is 5.02 Å². The molecule has 0 aliphatic carbocycles. The Morgan fingerprint density at radius 3 is 2.81 bits per heavy atom. The summed E-state index contributed by atoms with van der Waals surface area (Å²) in [5.41, 5.74) is 1.14. The zero-order valence-corrected chi connectivity index (χ0v) is 14.3. The van der Waals surface area contributed by atoms with Gasteiger partial charge in [-0.1, -0.05) is 38.3 Å². The Morgan fingerprint density at radius 2 is 2.10 bits per heavy atom. The molecular weight excluding hydrogens is 282 g/mol. The Labute approximate surface area is 134 Å². The zero-order chi connectivity index (χ0) is 15.3. The first kappa shape index (κ1) is 16.6. The molecule has 0 saturated heterocycles. The smallest absolute Gasteiger partial charge is 0.125 e. The van der Waals surface area contributed by atoms with Crippen molar-refractivity contribution in [2.24, 2.45) is 0 Å². The summed E-state index contributed by atoms with van der Waals surface area (Å²) in [6.07, 6.45) is 7.03. The van der Waals surface area contributed by atoms with Crippen LogP contribution in [0, 0.1) is 0 Å². The fourth-order valence-electron chi connectivity index (χ4n) is 3.14. The van der Waals surface area contributed by atoms with Crippen molar-refractivity contribution in [3.8, 4) is 5.75 Å². The molecule has 2 unspecified atom stereocenters. The molecule has 0 fully saturated rings. The van der Waals surface area contributed by atoms with Crippen molar-refractivity contribution in [1.82, 2.24) is 5.32 Å². The first-order valence-corrected chi connectivity index (χ1v) is 8.67. The van der Waals surface area contributed by atoms with Crippen LogP contribution < -0.4 is 10.1 Å². The van der Waals surface area contributed by atoms with Crippen LogP contribution in [0.4, 0.5) is 0 Å². The van der Waals surface area contributed by atoms with E-state index in [-0.39, 0.29) is 5.60 Å². The number of ether oxygens (including phenoxy) is 1. The summed E-state index contributed by atoms with van der Waals surface area (Å²) in [5.74, 6) is 0.998. The number of benzene rings is 1. The molecule has 1 aliphatic heterocycles. The third kappa shape index (κ3) is 4.37. The molecule has 0 aromatic heterocycles. The second kappa shape index (κ2) is 7.51. The fraction of sp³-hybridized carbons (Fsp3) is 0.667. The van der Waals surface area contributed by atoms with Gasteiger partial charge in [0.1, 0.15) is 11.4 Å². The van der Waals surface area contributed by atoms with Gasteiger partial charge in [-0.05, 0) is 50.9 Å². The highest BCUT2D eigenvalue weighted by atomic mass is 35.5. The van der Waals surface area contributed by atoms with Gasteiger partial charge in [0, 0.05) is 23.0 Å². The van der Waals surface area contributed by atoms with E-state index >= 15 is 0 Å². The highest BCUT2D eigenvalue weighted by Crippen LogP contribution is 2.42. The maximum Gasteiger partial charge on any atom is 0.125 e. The van der Waals surface area contributed by atoms with Crippen LogP contribution in [0.15, 0.2) is 18.2 Å². The van der Waals surface area contributed by atoms with Crippen LogP contribution in [-0.2, 0) is 0 Å². The first-order chi connectivity index (χ1) is 10.1. The van der Waals surface area contributed by atoms with Gasteiger partial charge in [-0.25, -0.2) is 0 Å². The largest absolute Gasteiger partial charge is 0.487 e. The Bertz CT molecular complexity index is 463. The highest BCUT2D eigenvalue weighted by molar-refractivity contribution is 6.30. The van der Waals surface area contributed by atoms with E-state index in [9.17, 15) is 0 Å². The number of hydrogen-bond acceptors (Lipinski definition) is 2. The minimum atomic E-state index is -0.0680. The summed E-state index contributed by atoms with van der Waals surface area (Å²) >= 11 is 6.17. The quantitative estimate of drug-likeness (QED) is 0.671. The summed E-state index contributed by atoms with van der Waals surface area (Å²) in [5, 5.41) is 4.45. The van der Waals surface area contributed by atoms with E-state index in [2.05, 4.69) is 32.2 Å². The summed E-state index contributed by atoms with van der Waals surface area (Å²) in [6, 6.07) is 6.35. The van der Waals surface area contributed by atoms with Gasteiger partial charge in [0.15, 0.2) is 0 Å². The molecule has 0 spiro atoms. The molecule has 1 N–H and O–H groups in total. The number of halogens is 1. The normalized spacial score (nSPS) is 24.5. The molecule has 0 radical (unpaired) electrons. The van der Waals surface area contributed by atoms with E-state index in [0.717, 1.165) is 36.6 Å². The summed E-state index contributed by atoms with van der Waals surface area (Å²) in [6.45, 7) is 7.72. The minimum absolute atomic E-state index is 0.0680. The summed E-state index contributed by atoms with van der Waals surface area (Å²) in [7, 11) is 0. The van der Waals surface area contributed by atoms with Crippen molar-refractivity contribution in [1.29, 1.82) is 0 Å². The van der Waals surface area contributed by atoms with Crippen molar-refractivity contribution >= 4 is 11.6 Å². The van der Waals surface area contributed by atoms with E-state index in [1.807, 2.05) is 12.1 Å². The lowest BCUT2D eigenvalue weighted by atomic mass is 9.85. The molecule has 0 amide bonds. The van der Waals surface area contributed by atoms with Gasteiger partial charge in [-0.3, -0.25) is 0 Å². The Kier molecular flexibility index (Phi) is 5.95. The molecule has 2 atom stereocenters. The first-order valence-electron chi connectivity index (χ1n) is 8.30. The molecule has 1 aromatic carbocycles. The van der Waals surface area contributed by atoms with Crippen molar-refractivity contribution in [3.05, 3.63) is 28.8 Å². The summed E-state index contributed by atoms with van der Waals surface area (Å²) < 4.78 is 6.33. The van der Waals surface area contributed by atoms with Gasteiger partial charge < -0.3 is 10.1 Å². The SMILES string of the molecule is CCCCCC1(C)CC(NCCC)c2cc(Cl)ccc2O1. The van der Waals surface area contributed by atoms with E-state index in [4.69, 9.17) is 16.3 Å². The Morgan fingerprint density at radius 1 is 1.29 bits per heavy atom. The lowest BCUT2D eigenvalue weighted by Crippen LogP contribution is -2.42. The number of rotatable bonds is 7. The lowest BCUT2D eigenvalue weighted by Gasteiger charge is -2.40. The zero-order valence-electron chi connectivity index (χ0n) is 13.5. The Balaban J connectivity index is 2.18. The second-order valence-electron chi connectivity index (χ2n) is 6.40. The molecule has 0 bridgehead atoms. The molecule has 21 heavy (non-hydrogen) atoms. The topological polar surface area (TPSA) is 21.3 Å². The fourth-order valence-corrected chi connectivity index (χ4v) is 3.32. The van der Waals surface area contributed by atoms with Gasteiger partial charge >= 0.3 is 0 Å². The summed E-state index contributed by atoms with van der Waals surface area (Å²) in [4.78, 5) is 0. The van der Waals surface area contributed by atoms with E-state index in [1.165, 1.54) is 24.8 Å². The van der Waals surface area contributed by atoms with E-state index in [0.29, 0.717) is 6.04 Å². The maximum atomic E-state index is 6.33. The van der Waals surface area contributed by atoms with Crippen LogP contribution in [0.3, 0.4) is 0 Å². The lowest BCUT2D eigenvalue weighted by molar-refractivity contribution is 0.0374. The number of hydrogen-bond donors (Lipinski definition) is 1. The van der Waals surface area contributed by atoms with Crippen LogP contribution in [0.5, 0.6) is 5.75 Å². The standard InChI is InChI=1S/C18H28ClNO/c1-4-6-7-10-18(3)13-16(20-11-5-2)15-12-14(19)8-9-17(15)21-18/h8-9,12,16,20H,4-7,10-11,13H2,1-3H3. The van der Waals surface area contributed by atoms with Crippen molar-refractivity contribution in [3.63, 3.8) is 0 Å². The van der Waals surface area contributed by atoms with Crippen molar-refractivity contribution < 1.29 is 4.74 Å². The number of nitrogens with one attached hydrogen (secondary N) is 1. The molecule has 118 valence electrons. The number of unbranched alkanes of at least 4 members (excludes halogenated alkanes) is 2. The minimum Gasteiger partial charge on any atom is -0.487 e. The van der Waals surface area contributed by atoms with Crippen LogP contribution in [0.25, 0.3) is 0 Å². The molecule has 2 rings (SSSR count). The van der Waals surface area contributed by atoms with Gasteiger partial charge in [0.05, 0.1) is 0 Å². The van der Waals surface area contributed by atoms with Crippen LogP contribution in [-0.4, -0.2) is 12.1 Å². The highest BCUT2D eigenvalue weighted by Gasteiger charge is 2.36. The second-order valence-corrected chi connectivity index (χ2v) is 6.84. The molecule has 1 heterocycles. The maximum absolute atomic E-state index is 6.33. The third-order valence-corrected chi connectivity index (χ3v) is 4.52. The average Bonchev–Trinajstić information content (AvgIpc) is 2.45. The van der Waals surface area contributed by atoms with E-state index in [1.54, 1.807) is 0 Å². The van der Waals surface area contributed by atoms with Crippen LogP contribution >= 0.6 is 11.6 Å². The average molecular weight is 310 g/mol. The van der Waals surface area contributed by atoms with Crippen molar-refractivity contribution in [2.45, 2.75) is 70.9 Å². The van der Waals surface area contributed by atoms with Gasteiger partial charge in [0.25, 0.3) is 0 Å². The van der Waals surface area contributed by atoms with E-state index < -0.39 is 0 Å². The monoisotopic (exact) mass is 309 g/mol. The molecule has 1 aromatic rings. The molecular formula is C18H28ClNO. The third-order valence-electron chi connectivity index (χ3n) is 4.29. The number of fused-ring (bicyclic) bond motifs is 1. The predicted molar refractivity (Wildman–Crippen MR) is 90.3 cm³/mol. The van der Waals surface area contributed by atoms with Crippen molar-refractivity contribution in [2.75, 3.05) is 6.54 Å². The molecule has 1 aliphatic rings.